The molecule has 4 aromatic rings. The summed E-state index contributed by atoms with van der Waals surface area (Å²) in [5.74, 6) is -0.638. The SMILES string of the molecule is Cc1ccc(NC(=O)CN2C(=O)S/C(=C\c3cc(C)n(-c4ccc(OCc5ccccc5F)cc4)c3C)C2=O)cc1C. The van der Waals surface area contributed by atoms with Gasteiger partial charge in [-0.25, -0.2) is 4.39 Å². The number of nitrogens with zero attached hydrogens (tertiary/aromatic N) is 2. The fourth-order valence-electron chi connectivity index (χ4n) is 4.74. The molecule has 1 fully saturated rings. The van der Waals surface area contributed by atoms with Crippen molar-refractivity contribution in [3.8, 4) is 11.4 Å². The monoisotopic (exact) mass is 583 g/mol. The van der Waals surface area contributed by atoms with E-state index in [4.69, 9.17) is 4.74 Å². The van der Waals surface area contributed by atoms with Crippen molar-refractivity contribution >= 4 is 40.6 Å². The Morgan fingerprint density at radius 1 is 0.952 bits per heavy atom. The number of ether oxygens (including phenoxy) is 1. The maximum absolute atomic E-state index is 13.9. The number of thioether (sulfide) groups is 1. The molecule has 0 aliphatic carbocycles. The number of hydrogen-bond acceptors (Lipinski definition) is 5. The molecular formula is C33H30FN3O4S. The number of imide groups is 1. The van der Waals surface area contributed by atoms with E-state index in [1.54, 1.807) is 30.3 Å². The van der Waals surface area contributed by atoms with Crippen LogP contribution in [0.2, 0.25) is 0 Å². The van der Waals surface area contributed by atoms with Gasteiger partial charge in [-0.2, -0.15) is 0 Å². The molecule has 1 saturated heterocycles. The van der Waals surface area contributed by atoms with Gasteiger partial charge in [-0.05, 0) is 111 Å². The van der Waals surface area contributed by atoms with Gasteiger partial charge in [0.25, 0.3) is 11.1 Å². The highest BCUT2D eigenvalue weighted by Gasteiger charge is 2.36. The zero-order chi connectivity index (χ0) is 30.0. The number of carbonyl (C=O) groups is 3. The highest BCUT2D eigenvalue weighted by Crippen LogP contribution is 2.34. The van der Waals surface area contributed by atoms with Gasteiger partial charge in [0.05, 0.1) is 4.91 Å². The highest BCUT2D eigenvalue weighted by molar-refractivity contribution is 8.18. The topological polar surface area (TPSA) is 80.6 Å². The van der Waals surface area contributed by atoms with Crippen LogP contribution >= 0.6 is 11.8 Å². The molecule has 0 atom stereocenters. The Balaban J connectivity index is 1.27. The average molecular weight is 584 g/mol. The molecule has 0 saturated carbocycles. The predicted molar refractivity (Wildman–Crippen MR) is 163 cm³/mol. The van der Waals surface area contributed by atoms with Crippen LogP contribution in [0.15, 0.2) is 77.7 Å². The van der Waals surface area contributed by atoms with E-state index in [1.165, 1.54) is 6.07 Å². The van der Waals surface area contributed by atoms with Gasteiger partial charge in [0, 0.05) is 28.3 Å². The van der Waals surface area contributed by atoms with Crippen LogP contribution in [0.5, 0.6) is 5.75 Å². The van der Waals surface area contributed by atoms with Crippen molar-refractivity contribution in [1.82, 2.24) is 9.47 Å². The Hall–Kier alpha value is -4.63. The van der Waals surface area contributed by atoms with E-state index in [0.29, 0.717) is 17.0 Å². The lowest BCUT2D eigenvalue weighted by Crippen LogP contribution is -2.36. The van der Waals surface area contributed by atoms with Crippen LogP contribution in [0.3, 0.4) is 0 Å². The number of amides is 3. The van der Waals surface area contributed by atoms with E-state index in [-0.39, 0.29) is 23.9 Å². The molecule has 3 amide bonds. The van der Waals surface area contributed by atoms with Gasteiger partial charge in [-0.3, -0.25) is 19.3 Å². The number of carbonyl (C=O) groups excluding carboxylic acids is 3. The van der Waals surface area contributed by atoms with E-state index in [1.807, 2.05) is 74.7 Å². The first-order valence-electron chi connectivity index (χ1n) is 13.4. The molecule has 0 unspecified atom stereocenters. The smallest absolute Gasteiger partial charge is 0.294 e. The van der Waals surface area contributed by atoms with Crippen molar-refractivity contribution in [2.75, 3.05) is 11.9 Å². The molecule has 2 heterocycles. The molecule has 214 valence electrons. The number of aryl methyl sites for hydroxylation is 3. The largest absolute Gasteiger partial charge is 0.489 e. The second-order valence-electron chi connectivity index (χ2n) is 10.2. The first-order valence-corrected chi connectivity index (χ1v) is 14.2. The molecular weight excluding hydrogens is 553 g/mol. The third-order valence-electron chi connectivity index (χ3n) is 7.17. The lowest BCUT2D eigenvalue weighted by atomic mass is 10.1. The fourth-order valence-corrected chi connectivity index (χ4v) is 5.57. The molecule has 1 aromatic heterocycles. The summed E-state index contributed by atoms with van der Waals surface area (Å²) in [6.45, 7) is 7.58. The Kier molecular flexibility index (Phi) is 8.31. The van der Waals surface area contributed by atoms with Gasteiger partial charge in [-0.15, -0.1) is 0 Å². The van der Waals surface area contributed by atoms with Crippen LogP contribution in [0.4, 0.5) is 14.9 Å². The second-order valence-corrected chi connectivity index (χ2v) is 11.1. The number of aromatic nitrogens is 1. The number of hydrogen-bond donors (Lipinski definition) is 1. The number of rotatable bonds is 8. The van der Waals surface area contributed by atoms with Crippen LogP contribution in [0.25, 0.3) is 11.8 Å². The molecule has 0 radical (unpaired) electrons. The van der Waals surface area contributed by atoms with Crippen LogP contribution in [0.1, 0.15) is 33.6 Å². The van der Waals surface area contributed by atoms with Crippen LogP contribution in [-0.4, -0.2) is 33.1 Å². The molecule has 0 bridgehead atoms. The number of halogens is 1. The summed E-state index contributed by atoms with van der Waals surface area (Å²) >= 11 is 0.822. The van der Waals surface area contributed by atoms with Crippen molar-refractivity contribution in [3.05, 3.63) is 117 Å². The summed E-state index contributed by atoms with van der Waals surface area (Å²) in [5.41, 5.74) is 6.72. The third kappa shape index (κ3) is 6.16. The summed E-state index contributed by atoms with van der Waals surface area (Å²) in [5, 5.41) is 2.28. The minimum Gasteiger partial charge on any atom is -0.489 e. The quantitative estimate of drug-likeness (QED) is 0.224. The Bertz CT molecular complexity index is 1730. The van der Waals surface area contributed by atoms with Gasteiger partial charge in [0.1, 0.15) is 24.7 Å². The number of benzene rings is 3. The van der Waals surface area contributed by atoms with Gasteiger partial charge in [0.2, 0.25) is 5.91 Å². The zero-order valence-corrected chi connectivity index (χ0v) is 24.5. The highest BCUT2D eigenvalue weighted by atomic mass is 32.2. The van der Waals surface area contributed by atoms with E-state index < -0.39 is 17.1 Å². The molecule has 1 aliphatic heterocycles. The first-order chi connectivity index (χ1) is 20.1. The van der Waals surface area contributed by atoms with Gasteiger partial charge in [-0.1, -0.05) is 24.3 Å². The molecule has 3 aromatic carbocycles. The molecule has 7 nitrogen and oxygen atoms in total. The van der Waals surface area contributed by atoms with E-state index in [9.17, 15) is 18.8 Å². The summed E-state index contributed by atoms with van der Waals surface area (Å²) in [6, 6.07) is 21.4. The molecule has 1 N–H and O–H groups in total. The predicted octanol–water partition coefficient (Wildman–Crippen LogP) is 7.10. The van der Waals surface area contributed by atoms with Gasteiger partial charge < -0.3 is 14.6 Å². The molecule has 5 rings (SSSR count). The first kappa shape index (κ1) is 28.9. The van der Waals surface area contributed by atoms with Crippen molar-refractivity contribution < 1.29 is 23.5 Å². The zero-order valence-electron chi connectivity index (χ0n) is 23.7. The third-order valence-corrected chi connectivity index (χ3v) is 8.08. The minimum atomic E-state index is -0.499. The summed E-state index contributed by atoms with van der Waals surface area (Å²) in [6.07, 6.45) is 1.69. The summed E-state index contributed by atoms with van der Waals surface area (Å²) in [7, 11) is 0. The van der Waals surface area contributed by atoms with Crippen molar-refractivity contribution in [2.45, 2.75) is 34.3 Å². The Morgan fingerprint density at radius 2 is 1.69 bits per heavy atom. The lowest BCUT2D eigenvalue weighted by Gasteiger charge is -2.13. The van der Waals surface area contributed by atoms with Crippen LogP contribution < -0.4 is 10.1 Å². The second kappa shape index (κ2) is 12.1. The summed E-state index contributed by atoms with van der Waals surface area (Å²) in [4.78, 5) is 39.6. The Labute approximate surface area is 248 Å². The van der Waals surface area contributed by atoms with E-state index in [0.717, 1.165) is 50.4 Å². The molecule has 9 heteroatoms. The van der Waals surface area contributed by atoms with Gasteiger partial charge in [0.15, 0.2) is 0 Å². The Morgan fingerprint density at radius 3 is 2.40 bits per heavy atom. The van der Waals surface area contributed by atoms with Crippen molar-refractivity contribution in [3.63, 3.8) is 0 Å². The maximum Gasteiger partial charge on any atom is 0.294 e. The number of nitrogens with one attached hydrogen (secondary N) is 1. The summed E-state index contributed by atoms with van der Waals surface area (Å²) < 4.78 is 21.7. The van der Waals surface area contributed by atoms with Crippen molar-refractivity contribution in [1.29, 1.82) is 0 Å². The average Bonchev–Trinajstić information content (AvgIpc) is 3.39. The van der Waals surface area contributed by atoms with Crippen LogP contribution in [0, 0.1) is 33.5 Å². The number of anilines is 1. The van der Waals surface area contributed by atoms with E-state index >= 15 is 0 Å². The lowest BCUT2D eigenvalue weighted by molar-refractivity contribution is -0.127. The maximum atomic E-state index is 13.9. The minimum absolute atomic E-state index is 0.125. The van der Waals surface area contributed by atoms with Gasteiger partial charge >= 0.3 is 0 Å². The fraction of sp³-hybridized carbons (Fsp3) is 0.182. The van der Waals surface area contributed by atoms with E-state index in [2.05, 4.69) is 5.32 Å². The molecule has 1 aliphatic rings. The van der Waals surface area contributed by atoms with Crippen molar-refractivity contribution in [2.24, 2.45) is 0 Å². The van der Waals surface area contributed by atoms with Crippen LogP contribution in [-0.2, 0) is 16.2 Å². The molecule has 42 heavy (non-hydrogen) atoms. The molecule has 0 spiro atoms. The normalized spacial score (nSPS) is 14.1. The standard InChI is InChI=1S/C33H30FN3O4S/c1-20-9-10-26(15-21(20)2)35-31(38)18-36-32(39)30(42-33(36)40)17-25-16-22(3)37(23(25)4)27-11-13-28(14-12-27)41-19-24-7-5-6-8-29(24)34/h5-17H,18-19H2,1-4H3,(H,35,38)/b30-17-.